The molecule has 112 valence electrons. The van der Waals surface area contributed by atoms with Gasteiger partial charge in [-0.3, -0.25) is 4.98 Å². The van der Waals surface area contributed by atoms with Crippen molar-refractivity contribution in [3.8, 4) is 0 Å². The quantitative estimate of drug-likeness (QED) is 0.644. The monoisotopic (exact) mass is 283 g/mol. The normalized spacial score (nSPS) is 11.4. The average Bonchev–Trinajstić information content (AvgIpc) is 2.32. The van der Waals surface area contributed by atoms with Gasteiger partial charge in [0.25, 0.3) is 0 Å². The summed E-state index contributed by atoms with van der Waals surface area (Å²) in [6, 6.07) is 1.16. The van der Waals surface area contributed by atoms with Crippen molar-refractivity contribution in [3.05, 3.63) is 29.3 Å². The number of aliphatic hydroxyl groups excluding tert-OH is 1. The van der Waals surface area contributed by atoms with Gasteiger partial charge >= 0.3 is 5.97 Å². The molecule has 0 fully saturated rings. The second-order valence-corrected chi connectivity index (χ2v) is 5.65. The largest absolute Gasteiger partial charge is 0.456 e. The fourth-order valence-corrected chi connectivity index (χ4v) is 1.79. The summed E-state index contributed by atoms with van der Waals surface area (Å²) in [7, 11) is 0. The van der Waals surface area contributed by atoms with Gasteiger partial charge in [0.05, 0.1) is 5.69 Å². The maximum Gasteiger partial charge on any atom is 0.343 e. The van der Waals surface area contributed by atoms with Crippen LogP contribution in [-0.4, -0.2) is 28.3 Å². The Morgan fingerprint density at radius 1 is 1.35 bits per heavy atom. The number of pyridine rings is 1. The summed E-state index contributed by atoms with van der Waals surface area (Å²) in [4.78, 5) is 16.1. The van der Waals surface area contributed by atoms with Crippen molar-refractivity contribution in [2.45, 2.75) is 52.1 Å². The summed E-state index contributed by atoms with van der Waals surface area (Å²) in [5.41, 5.74) is -0.336. The van der Waals surface area contributed by atoms with Crippen LogP contribution >= 0.6 is 0 Å². The van der Waals surface area contributed by atoms with E-state index >= 15 is 0 Å². The van der Waals surface area contributed by atoms with Crippen LogP contribution in [-0.2, 0) is 11.2 Å². The second kappa shape index (κ2) is 7.33. The van der Waals surface area contributed by atoms with Gasteiger partial charge in [-0.1, -0.05) is 6.42 Å². The zero-order valence-corrected chi connectivity index (χ0v) is 12.3. The van der Waals surface area contributed by atoms with Crippen molar-refractivity contribution < 1.29 is 19.0 Å². The topological polar surface area (TPSA) is 59.4 Å². The Kier molecular flexibility index (Phi) is 6.07. The first-order valence-electron chi connectivity index (χ1n) is 6.82. The minimum atomic E-state index is -0.680. The zero-order chi connectivity index (χ0) is 15.2. The van der Waals surface area contributed by atoms with E-state index in [0.29, 0.717) is 18.5 Å². The van der Waals surface area contributed by atoms with E-state index in [-0.39, 0.29) is 12.2 Å². The molecule has 0 spiro atoms. The van der Waals surface area contributed by atoms with Gasteiger partial charge in [0.2, 0.25) is 0 Å². The number of esters is 1. The molecule has 4 nitrogen and oxygen atoms in total. The molecule has 0 aliphatic heterocycles. The van der Waals surface area contributed by atoms with Gasteiger partial charge in [0, 0.05) is 12.8 Å². The lowest BCUT2D eigenvalue weighted by molar-refractivity contribution is 0.00627. The van der Waals surface area contributed by atoms with Crippen LogP contribution < -0.4 is 0 Å². The predicted molar refractivity (Wildman–Crippen MR) is 74.0 cm³/mol. The molecular formula is C15H22FNO3. The first-order chi connectivity index (χ1) is 9.35. The fourth-order valence-electron chi connectivity index (χ4n) is 1.79. The maximum absolute atomic E-state index is 13.9. The van der Waals surface area contributed by atoms with Crippen molar-refractivity contribution in [2.75, 3.05) is 6.61 Å². The molecule has 0 aromatic carbocycles. The molecule has 1 aromatic heterocycles. The molecule has 0 aliphatic carbocycles. The van der Waals surface area contributed by atoms with Crippen LogP contribution in [0, 0.1) is 5.82 Å². The lowest BCUT2D eigenvalue weighted by Crippen LogP contribution is -2.25. The fraction of sp³-hybridized carbons (Fsp3) is 0.600. The summed E-state index contributed by atoms with van der Waals surface area (Å²) in [5, 5.41) is 8.73. The molecule has 0 saturated carbocycles. The first kappa shape index (κ1) is 16.6. The van der Waals surface area contributed by atoms with E-state index in [4.69, 9.17) is 9.84 Å². The van der Waals surface area contributed by atoms with E-state index in [0.717, 1.165) is 18.9 Å². The highest BCUT2D eigenvalue weighted by molar-refractivity contribution is 5.91. The Morgan fingerprint density at radius 3 is 2.65 bits per heavy atom. The second-order valence-electron chi connectivity index (χ2n) is 5.65. The number of nitrogens with zero attached hydrogens (tertiary/aromatic N) is 1. The van der Waals surface area contributed by atoms with Crippen LogP contribution in [0.25, 0.3) is 0 Å². The molecule has 0 amide bonds. The summed E-state index contributed by atoms with van der Waals surface area (Å²) in [5.74, 6) is -1.29. The molecule has 0 aliphatic rings. The molecule has 0 bridgehead atoms. The van der Waals surface area contributed by atoms with Gasteiger partial charge < -0.3 is 9.84 Å². The first-order valence-corrected chi connectivity index (χ1v) is 6.82. The van der Waals surface area contributed by atoms with Crippen molar-refractivity contribution in [2.24, 2.45) is 0 Å². The average molecular weight is 283 g/mol. The van der Waals surface area contributed by atoms with Crippen LogP contribution in [0.2, 0.25) is 0 Å². The summed E-state index contributed by atoms with van der Waals surface area (Å²) in [6.45, 7) is 5.34. The number of hydrogen-bond donors (Lipinski definition) is 1. The number of rotatable bonds is 6. The number of carbonyl (C=O) groups excluding carboxylic acids is 1. The maximum atomic E-state index is 13.9. The number of carbonyl (C=O) groups is 1. The molecule has 1 heterocycles. The molecule has 0 atom stereocenters. The lowest BCUT2D eigenvalue weighted by Gasteiger charge is -2.20. The number of aromatic nitrogens is 1. The molecule has 1 N–H and O–H groups in total. The van der Waals surface area contributed by atoms with Crippen molar-refractivity contribution in [1.29, 1.82) is 0 Å². The third-order valence-corrected chi connectivity index (χ3v) is 2.65. The van der Waals surface area contributed by atoms with Crippen molar-refractivity contribution in [3.63, 3.8) is 0 Å². The van der Waals surface area contributed by atoms with Crippen LogP contribution in [0.3, 0.4) is 0 Å². The summed E-state index contributed by atoms with van der Waals surface area (Å²) < 4.78 is 19.1. The summed E-state index contributed by atoms with van der Waals surface area (Å²) in [6.07, 6.45) is 4.09. The zero-order valence-electron chi connectivity index (χ0n) is 12.3. The smallest absolute Gasteiger partial charge is 0.343 e. The SMILES string of the molecule is CC(C)(C)OC(=O)c1c(F)ccnc1CCCCCO. The van der Waals surface area contributed by atoms with Gasteiger partial charge in [-0.05, 0) is 46.1 Å². The van der Waals surface area contributed by atoms with Crippen LogP contribution in [0.15, 0.2) is 12.3 Å². The number of aryl methyl sites for hydroxylation is 1. The molecule has 1 rings (SSSR count). The minimum Gasteiger partial charge on any atom is -0.456 e. The highest BCUT2D eigenvalue weighted by Gasteiger charge is 2.24. The van der Waals surface area contributed by atoms with Crippen LogP contribution in [0.1, 0.15) is 56.1 Å². The predicted octanol–water partition coefficient (Wildman–Crippen LogP) is 2.88. The van der Waals surface area contributed by atoms with Gasteiger partial charge in [0.15, 0.2) is 0 Å². The highest BCUT2D eigenvalue weighted by Crippen LogP contribution is 2.18. The van der Waals surface area contributed by atoms with Gasteiger partial charge in [0.1, 0.15) is 17.0 Å². The Morgan fingerprint density at radius 2 is 2.05 bits per heavy atom. The minimum absolute atomic E-state index is 0.0774. The Hall–Kier alpha value is -1.49. The number of ether oxygens (including phenoxy) is 1. The van der Waals surface area contributed by atoms with Gasteiger partial charge in [-0.25, -0.2) is 9.18 Å². The molecule has 0 radical (unpaired) electrons. The van der Waals surface area contributed by atoms with E-state index in [9.17, 15) is 9.18 Å². The van der Waals surface area contributed by atoms with Crippen molar-refractivity contribution >= 4 is 5.97 Å². The third kappa shape index (κ3) is 5.25. The van der Waals surface area contributed by atoms with E-state index in [2.05, 4.69) is 4.98 Å². The number of halogens is 1. The van der Waals surface area contributed by atoms with Crippen LogP contribution in [0.5, 0.6) is 0 Å². The molecule has 0 unspecified atom stereocenters. The highest BCUT2D eigenvalue weighted by atomic mass is 19.1. The Bertz CT molecular complexity index is 455. The molecule has 20 heavy (non-hydrogen) atoms. The standard InChI is InChI=1S/C15H22FNO3/c1-15(2,3)20-14(19)13-11(16)8-9-17-12(13)7-5-4-6-10-18/h8-9,18H,4-7,10H2,1-3H3. The van der Waals surface area contributed by atoms with Crippen molar-refractivity contribution in [1.82, 2.24) is 4.98 Å². The molecule has 0 saturated heterocycles. The van der Waals surface area contributed by atoms with E-state index < -0.39 is 17.4 Å². The lowest BCUT2D eigenvalue weighted by atomic mass is 10.1. The number of unbranched alkanes of at least 4 members (excludes halogenated alkanes) is 2. The van der Waals surface area contributed by atoms with E-state index in [1.165, 1.54) is 6.20 Å². The Balaban J connectivity index is 2.85. The third-order valence-electron chi connectivity index (χ3n) is 2.65. The van der Waals surface area contributed by atoms with E-state index in [1.807, 2.05) is 0 Å². The molecule has 5 heteroatoms. The van der Waals surface area contributed by atoms with Crippen LogP contribution in [0.4, 0.5) is 4.39 Å². The molecular weight excluding hydrogens is 261 g/mol. The van der Waals surface area contributed by atoms with Gasteiger partial charge in [-0.2, -0.15) is 0 Å². The Labute approximate surface area is 119 Å². The van der Waals surface area contributed by atoms with E-state index in [1.54, 1.807) is 20.8 Å². The number of hydrogen-bond acceptors (Lipinski definition) is 4. The van der Waals surface area contributed by atoms with Gasteiger partial charge in [-0.15, -0.1) is 0 Å². The number of aliphatic hydroxyl groups is 1. The molecule has 1 aromatic rings. The summed E-state index contributed by atoms with van der Waals surface area (Å²) >= 11 is 0.